The van der Waals surface area contributed by atoms with Crippen LogP contribution in [0.2, 0.25) is 0 Å². The molecular weight excluding hydrogens is 332 g/mol. The summed E-state index contributed by atoms with van der Waals surface area (Å²) in [5.74, 6) is 1.24. The van der Waals surface area contributed by atoms with E-state index in [1.165, 1.54) is 0 Å². The van der Waals surface area contributed by atoms with Crippen LogP contribution in [0.3, 0.4) is 0 Å². The molecule has 0 aromatic heterocycles. The minimum Gasteiger partial charge on any atom is -0.493 e. The molecule has 1 fully saturated rings. The molecule has 0 bridgehead atoms. The van der Waals surface area contributed by atoms with Crippen molar-refractivity contribution in [2.24, 2.45) is 5.41 Å². The maximum atomic E-state index is 12.8. The van der Waals surface area contributed by atoms with Gasteiger partial charge in [0, 0.05) is 37.2 Å². The van der Waals surface area contributed by atoms with E-state index in [0.29, 0.717) is 43.2 Å². The van der Waals surface area contributed by atoms with Crippen molar-refractivity contribution in [2.45, 2.75) is 40.7 Å². The van der Waals surface area contributed by atoms with Gasteiger partial charge in [-0.1, -0.05) is 20.8 Å². The number of hydrogen-bond acceptors (Lipinski definition) is 4. The third-order valence-electron chi connectivity index (χ3n) is 4.27. The van der Waals surface area contributed by atoms with E-state index in [2.05, 4.69) is 0 Å². The zero-order valence-corrected chi connectivity index (χ0v) is 16.7. The van der Waals surface area contributed by atoms with Gasteiger partial charge in [0.25, 0.3) is 5.91 Å². The Morgan fingerprint density at radius 3 is 2.08 bits per heavy atom. The van der Waals surface area contributed by atoms with E-state index in [1.54, 1.807) is 30.2 Å². The van der Waals surface area contributed by atoms with Crippen molar-refractivity contribution in [2.75, 3.05) is 33.3 Å². The molecule has 144 valence electrons. The molecule has 0 aliphatic carbocycles. The molecule has 2 rings (SSSR count). The number of amides is 2. The number of ether oxygens (including phenoxy) is 2. The lowest BCUT2D eigenvalue weighted by atomic mass is 9.94. The van der Waals surface area contributed by atoms with Crippen LogP contribution in [-0.4, -0.2) is 61.0 Å². The number of carbonyl (C=O) groups excluding carboxylic acids is 2. The Balaban J connectivity index is 2.05. The van der Waals surface area contributed by atoms with Crippen LogP contribution in [0.1, 0.15) is 45.0 Å². The smallest absolute Gasteiger partial charge is 0.254 e. The fourth-order valence-corrected chi connectivity index (χ4v) is 2.92. The highest BCUT2D eigenvalue weighted by atomic mass is 16.5. The molecule has 26 heavy (non-hydrogen) atoms. The lowest BCUT2D eigenvalue weighted by Crippen LogP contribution is -2.53. The van der Waals surface area contributed by atoms with Crippen LogP contribution < -0.4 is 9.47 Å². The van der Waals surface area contributed by atoms with Crippen LogP contribution in [0.15, 0.2) is 18.2 Å². The molecule has 0 unspecified atom stereocenters. The van der Waals surface area contributed by atoms with E-state index in [1.807, 2.05) is 39.5 Å². The summed E-state index contributed by atoms with van der Waals surface area (Å²) in [4.78, 5) is 28.8. The normalized spacial score (nSPS) is 15.2. The monoisotopic (exact) mass is 362 g/mol. The predicted molar refractivity (Wildman–Crippen MR) is 101 cm³/mol. The van der Waals surface area contributed by atoms with Gasteiger partial charge in [0.2, 0.25) is 5.91 Å². The van der Waals surface area contributed by atoms with Crippen molar-refractivity contribution in [3.63, 3.8) is 0 Å². The van der Waals surface area contributed by atoms with Crippen LogP contribution in [0.4, 0.5) is 0 Å². The van der Waals surface area contributed by atoms with Gasteiger partial charge in [-0.2, -0.15) is 0 Å². The lowest BCUT2D eigenvalue weighted by Gasteiger charge is -2.37. The summed E-state index contributed by atoms with van der Waals surface area (Å²) < 4.78 is 11.1. The first-order chi connectivity index (χ1) is 12.1. The summed E-state index contributed by atoms with van der Waals surface area (Å²) in [7, 11) is 1.56. The Morgan fingerprint density at radius 1 is 1.00 bits per heavy atom. The van der Waals surface area contributed by atoms with Crippen molar-refractivity contribution in [3.05, 3.63) is 23.8 Å². The largest absolute Gasteiger partial charge is 0.493 e. The van der Waals surface area contributed by atoms with E-state index >= 15 is 0 Å². The van der Waals surface area contributed by atoms with Crippen molar-refractivity contribution in [1.82, 2.24) is 9.80 Å². The predicted octanol–water partition coefficient (Wildman–Crippen LogP) is 2.81. The van der Waals surface area contributed by atoms with E-state index in [-0.39, 0.29) is 17.9 Å². The summed E-state index contributed by atoms with van der Waals surface area (Å²) in [5, 5.41) is 0. The van der Waals surface area contributed by atoms with E-state index in [9.17, 15) is 9.59 Å². The first-order valence-corrected chi connectivity index (χ1v) is 9.07. The fraction of sp³-hybridized carbons (Fsp3) is 0.600. The summed E-state index contributed by atoms with van der Waals surface area (Å²) in [5.41, 5.74) is 0.166. The number of nitrogens with zero attached hydrogens (tertiary/aromatic N) is 2. The molecule has 0 radical (unpaired) electrons. The Bertz CT molecular complexity index is 656. The zero-order valence-electron chi connectivity index (χ0n) is 16.7. The number of rotatable bonds is 4. The molecule has 0 atom stereocenters. The second kappa shape index (κ2) is 7.98. The van der Waals surface area contributed by atoms with Crippen molar-refractivity contribution in [1.29, 1.82) is 0 Å². The Kier molecular flexibility index (Phi) is 6.16. The van der Waals surface area contributed by atoms with Gasteiger partial charge in [-0.3, -0.25) is 9.59 Å². The van der Waals surface area contributed by atoms with Gasteiger partial charge in [-0.25, -0.2) is 0 Å². The summed E-state index contributed by atoms with van der Waals surface area (Å²) in [6.45, 7) is 11.8. The number of benzene rings is 1. The summed E-state index contributed by atoms with van der Waals surface area (Å²) in [6.07, 6.45) is 0.0267. The molecule has 1 aliphatic rings. The lowest BCUT2D eigenvalue weighted by molar-refractivity contribution is -0.140. The highest BCUT2D eigenvalue weighted by molar-refractivity contribution is 5.95. The minimum absolute atomic E-state index is 0.0267. The topological polar surface area (TPSA) is 59.1 Å². The Labute approximate surface area is 156 Å². The summed E-state index contributed by atoms with van der Waals surface area (Å²) >= 11 is 0. The minimum atomic E-state index is -0.397. The maximum absolute atomic E-state index is 12.8. The second-order valence-electron chi connectivity index (χ2n) is 7.87. The molecule has 0 saturated carbocycles. The average Bonchev–Trinajstić information content (AvgIpc) is 2.59. The number of methoxy groups -OCH3 is 1. The highest BCUT2D eigenvalue weighted by Gasteiger charge is 2.31. The Hall–Kier alpha value is -2.24. The molecule has 1 saturated heterocycles. The average molecular weight is 362 g/mol. The van der Waals surface area contributed by atoms with Gasteiger partial charge < -0.3 is 19.3 Å². The Morgan fingerprint density at radius 2 is 1.58 bits per heavy atom. The standard InChI is InChI=1S/C20H30N2O4/c1-14(2)26-16-8-7-15(13-17(16)25-6)18(23)21-9-11-22(12-10-21)19(24)20(3,4)5/h7-8,13-14H,9-12H2,1-6H3. The van der Waals surface area contributed by atoms with Crippen molar-refractivity contribution >= 4 is 11.8 Å². The molecular formula is C20H30N2O4. The summed E-state index contributed by atoms with van der Waals surface area (Å²) in [6, 6.07) is 5.24. The van der Waals surface area contributed by atoms with Crippen LogP contribution in [0.25, 0.3) is 0 Å². The van der Waals surface area contributed by atoms with E-state index in [0.717, 1.165) is 0 Å². The van der Waals surface area contributed by atoms with Crippen LogP contribution >= 0.6 is 0 Å². The first kappa shape index (κ1) is 20.1. The van der Waals surface area contributed by atoms with Gasteiger partial charge >= 0.3 is 0 Å². The van der Waals surface area contributed by atoms with Gasteiger partial charge in [0.1, 0.15) is 0 Å². The fourth-order valence-electron chi connectivity index (χ4n) is 2.92. The number of carbonyl (C=O) groups is 2. The van der Waals surface area contributed by atoms with Crippen molar-refractivity contribution in [3.8, 4) is 11.5 Å². The van der Waals surface area contributed by atoms with Gasteiger partial charge in [0.15, 0.2) is 11.5 Å². The highest BCUT2D eigenvalue weighted by Crippen LogP contribution is 2.29. The quantitative estimate of drug-likeness (QED) is 0.826. The molecule has 1 aromatic rings. The van der Waals surface area contributed by atoms with Crippen LogP contribution in [0.5, 0.6) is 11.5 Å². The molecule has 0 spiro atoms. The molecule has 6 heteroatoms. The molecule has 6 nitrogen and oxygen atoms in total. The number of piperazine rings is 1. The SMILES string of the molecule is COc1cc(C(=O)N2CCN(C(=O)C(C)(C)C)CC2)ccc1OC(C)C. The molecule has 1 aliphatic heterocycles. The van der Waals surface area contributed by atoms with Gasteiger partial charge in [-0.15, -0.1) is 0 Å². The number of hydrogen-bond donors (Lipinski definition) is 0. The zero-order chi connectivity index (χ0) is 19.5. The van der Waals surface area contributed by atoms with E-state index < -0.39 is 5.41 Å². The van der Waals surface area contributed by atoms with Crippen LogP contribution in [0, 0.1) is 5.41 Å². The molecule has 0 N–H and O–H groups in total. The third kappa shape index (κ3) is 4.68. The van der Waals surface area contributed by atoms with Gasteiger partial charge in [0.05, 0.1) is 13.2 Å². The molecule has 2 amide bonds. The van der Waals surface area contributed by atoms with Crippen molar-refractivity contribution < 1.29 is 19.1 Å². The van der Waals surface area contributed by atoms with Crippen LogP contribution in [-0.2, 0) is 4.79 Å². The molecule has 1 aromatic carbocycles. The molecule has 1 heterocycles. The van der Waals surface area contributed by atoms with E-state index in [4.69, 9.17) is 9.47 Å². The van der Waals surface area contributed by atoms with Gasteiger partial charge in [-0.05, 0) is 32.0 Å². The third-order valence-corrected chi connectivity index (χ3v) is 4.27. The first-order valence-electron chi connectivity index (χ1n) is 9.07. The maximum Gasteiger partial charge on any atom is 0.254 e. The second-order valence-corrected chi connectivity index (χ2v) is 7.87.